The van der Waals surface area contributed by atoms with Crippen LogP contribution in [-0.2, 0) is 17.8 Å². The third-order valence-corrected chi connectivity index (χ3v) is 4.32. The summed E-state index contributed by atoms with van der Waals surface area (Å²) in [6.45, 7) is 0.168. The number of methoxy groups -OCH3 is 3. The molecule has 8 nitrogen and oxygen atoms in total. The lowest BCUT2D eigenvalue weighted by atomic mass is 10.1. The highest BCUT2D eigenvalue weighted by molar-refractivity contribution is 5.76. The predicted molar refractivity (Wildman–Crippen MR) is 106 cm³/mol. The zero-order valence-electron chi connectivity index (χ0n) is 16.6. The third-order valence-electron chi connectivity index (χ3n) is 4.32. The third kappa shape index (κ3) is 5.25. The van der Waals surface area contributed by atoms with Crippen LogP contribution >= 0.6 is 0 Å². The van der Waals surface area contributed by atoms with Gasteiger partial charge in [0, 0.05) is 12.0 Å². The maximum absolute atomic E-state index is 12.2. The van der Waals surface area contributed by atoms with Crippen LogP contribution in [0.4, 0.5) is 0 Å². The normalized spacial score (nSPS) is 10.4. The predicted octanol–water partition coefficient (Wildman–Crippen LogP) is 3.01. The van der Waals surface area contributed by atoms with E-state index in [0.29, 0.717) is 41.8 Å². The van der Waals surface area contributed by atoms with Crippen LogP contribution in [0, 0.1) is 0 Å². The average Bonchev–Trinajstić information content (AvgIpc) is 3.25. The molecule has 0 aliphatic rings. The van der Waals surface area contributed by atoms with Crippen molar-refractivity contribution in [2.45, 2.75) is 19.4 Å². The number of carbonyl (C=O) groups is 1. The Morgan fingerprint density at radius 1 is 1.03 bits per heavy atom. The summed E-state index contributed by atoms with van der Waals surface area (Å²) in [4.78, 5) is 16.5. The lowest BCUT2D eigenvalue weighted by molar-refractivity contribution is -0.121. The van der Waals surface area contributed by atoms with Gasteiger partial charge in [-0.05, 0) is 36.2 Å². The molecule has 0 atom stereocenters. The summed E-state index contributed by atoms with van der Waals surface area (Å²) in [7, 11) is 4.76. The van der Waals surface area contributed by atoms with Gasteiger partial charge in [-0.2, -0.15) is 4.98 Å². The minimum absolute atomic E-state index is 0.110. The Balaban J connectivity index is 1.51. The van der Waals surface area contributed by atoms with Crippen LogP contribution in [0.5, 0.6) is 17.2 Å². The number of nitrogens with zero attached hydrogens (tertiary/aromatic N) is 2. The van der Waals surface area contributed by atoms with Gasteiger partial charge in [0.05, 0.1) is 27.9 Å². The summed E-state index contributed by atoms with van der Waals surface area (Å²) >= 11 is 0. The Labute approximate surface area is 168 Å². The van der Waals surface area contributed by atoms with Crippen LogP contribution in [0.2, 0.25) is 0 Å². The topological polar surface area (TPSA) is 95.7 Å². The van der Waals surface area contributed by atoms with E-state index in [-0.39, 0.29) is 12.5 Å². The second kappa shape index (κ2) is 9.59. The average molecular weight is 397 g/mol. The van der Waals surface area contributed by atoms with Crippen LogP contribution in [0.15, 0.2) is 47.0 Å². The molecule has 0 aliphatic heterocycles. The van der Waals surface area contributed by atoms with E-state index in [1.165, 1.54) is 0 Å². The van der Waals surface area contributed by atoms with Gasteiger partial charge >= 0.3 is 0 Å². The fourth-order valence-corrected chi connectivity index (χ4v) is 2.76. The minimum Gasteiger partial charge on any atom is -0.497 e. The van der Waals surface area contributed by atoms with Crippen molar-refractivity contribution >= 4 is 5.91 Å². The van der Waals surface area contributed by atoms with Crippen LogP contribution < -0.4 is 19.5 Å². The highest BCUT2D eigenvalue weighted by Gasteiger charge is 2.11. The lowest BCUT2D eigenvalue weighted by Crippen LogP contribution is -2.23. The molecule has 152 valence electrons. The van der Waals surface area contributed by atoms with Crippen LogP contribution in [0.25, 0.3) is 11.4 Å². The van der Waals surface area contributed by atoms with Crippen LogP contribution in [0.3, 0.4) is 0 Å². The number of benzene rings is 2. The number of carbonyl (C=O) groups excluding carboxylic acids is 1. The molecule has 0 unspecified atom stereocenters. The molecule has 3 aromatic rings. The second-order valence-corrected chi connectivity index (χ2v) is 6.21. The number of nitrogens with one attached hydrogen (secondary N) is 1. The molecule has 0 radical (unpaired) electrons. The number of aromatic nitrogens is 2. The fourth-order valence-electron chi connectivity index (χ4n) is 2.76. The van der Waals surface area contributed by atoms with Gasteiger partial charge in [-0.3, -0.25) is 4.79 Å². The SMILES string of the molecule is COc1cccc(-c2noc(CNC(=O)CCc3ccc(OC)c(OC)c3)n2)c1. The van der Waals surface area contributed by atoms with Gasteiger partial charge in [0.25, 0.3) is 0 Å². The summed E-state index contributed by atoms with van der Waals surface area (Å²) < 4.78 is 20.9. The number of ether oxygens (including phenoxy) is 3. The van der Waals surface area contributed by atoms with Gasteiger partial charge < -0.3 is 24.1 Å². The van der Waals surface area contributed by atoms with Gasteiger partial charge in [0.15, 0.2) is 11.5 Å². The van der Waals surface area contributed by atoms with Crippen molar-refractivity contribution in [1.29, 1.82) is 0 Å². The molecule has 0 bridgehead atoms. The molecule has 2 aromatic carbocycles. The van der Waals surface area contributed by atoms with E-state index in [0.717, 1.165) is 11.1 Å². The fraction of sp³-hybridized carbons (Fsp3) is 0.286. The Morgan fingerprint density at radius 2 is 1.86 bits per heavy atom. The molecule has 1 amide bonds. The monoisotopic (exact) mass is 397 g/mol. The number of hydrogen-bond donors (Lipinski definition) is 1. The van der Waals surface area contributed by atoms with Gasteiger partial charge in [-0.15, -0.1) is 0 Å². The first-order valence-corrected chi connectivity index (χ1v) is 9.07. The van der Waals surface area contributed by atoms with Gasteiger partial charge in [0.2, 0.25) is 17.6 Å². The van der Waals surface area contributed by atoms with Crippen molar-refractivity contribution in [1.82, 2.24) is 15.5 Å². The molecule has 1 N–H and O–H groups in total. The van der Waals surface area contributed by atoms with E-state index in [9.17, 15) is 4.79 Å². The van der Waals surface area contributed by atoms with Crippen LogP contribution in [-0.4, -0.2) is 37.4 Å². The molecule has 0 saturated heterocycles. The van der Waals surface area contributed by atoms with Crippen molar-refractivity contribution in [3.8, 4) is 28.6 Å². The largest absolute Gasteiger partial charge is 0.497 e. The van der Waals surface area contributed by atoms with E-state index in [1.54, 1.807) is 21.3 Å². The highest BCUT2D eigenvalue weighted by Crippen LogP contribution is 2.28. The van der Waals surface area contributed by atoms with E-state index in [4.69, 9.17) is 18.7 Å². The first-order chi connectivity index (χ1) is 14.1. The number of hydrogen-bond acceptors (Lipinski definition) is 7. The first-order valence-electron chi connectivity index (χ1n) is 9.07. The maximum atomic E-state index is 12.2. The Kier molecular flexibility index (Phi) is 6.67. The number of aryl methyl sites for hydroxylation is 1. The standard InChI is InChI=1S/C21H23N3O5/c1-26-16-6-4-5-15(12-16)21-23-20(29-24-21)13-22-19(25)10-8-14-7-9-17(27-2)18(11-14)28-3/h4-7,9,11-12H,8,10,13H2,1-3H3,(H,22,25). The summed E-state index contributed by atoms with van der Waals surface area (Å²) in [5.41, 5.74) is 1.76. The van der Waals surface area contributed by atoms with Gasteiger partial charge in [-0.25, -0.2) is 0 Å². The van der Waals surface area contributed by atoms with Crippen molar-refractivity contribution in [3.63, 3.8) is 0 Å². The van der Waals surface area contributed by atoms with E-state index in [2.05, 4.69) is 15.5 Å². The molecular formula is C21H23N3O5. The molecule has 1 heterocycles. The lowest BCUT2D eigenvalue weighted by Gasteiger charge is -2.09. The highest BCUT2D eigenvalue weighted by atomic mass is 16.5. The van der Waals surface area contributed by atoms with E-state index < -0.39 is 0 Å². The molecule has 0 fully saturated rings. The van der Waals surface area contributed by atoms with Crippen LogP contribution in [0.1, 0.15) is 17.9 Å². The Hall–Kier alpha value is -3.55. The van der Waals surface area contributed by atoms with Crippen molar-refractivity contribution in [2.24, 2.45) is 0 Å². The zero-order valence-corrected chi connectivity index (χ0v) is 16.6. The number of amides is 1. The van der Waals surface area contributed by atoms with Crippen molar-refractivity contribution in [2.75, 3.05) is 21.3 Å². The van der Waals surface area contributed by atoms with E-state index in [1.807, 2.05) is 42.5 Å². The molecule has 0 spiro atoms. The molecule has 1 aromatic heterocycles. The summed E-state index contributed by atoms with van der Waals surface area (Å²) in [6, 6.07) is 13.0. The van der Waals surface area contributed by atoms with Crippen molar-refractivity contribution in [3.05, 3.63) is 53.9 Å². The maximum Gasteiger partial charge on any atom is 0.246 e. The smallest absolute Gasteiger partial charge is 0.246 e. The number of rotatable bonds is 9. The molecule has 29 heavy (non-hydrogen) atoms. The quantitative estimate of drug-likeness (QED) is 0.593. The zero-order chi connectivity index (χ0) is 20.6. The molecular weight excluding hydrogens is 374 g/mol. The summed E-state index contributed by atoms with van der Waals surface area (Å²) in [5, 5.41) is 6.74. The molecule has 0 saturated carbocycles. The molecule has 8 heteroatoms. The van der Waals surface area contributed by atoms with Gasteiger partial charge in [-0.1, -0.05) is 23.4 Å². The van der Waals surface area contributed by atoms with Crippen molar-refractivity contribution < 1.29 is 23.5 Å². The summed E-state index contributed by atoms with van der Waals surface area (Å²) in [6.07, 6.45) is 0.900. The molecule has 3 rings (SSSR count). The Morgan fingerprint density at radius 3 is 2.62 bits per heavy atom. The first kappa shape index (κ1) is 20.2. The van der Waals surface area contributed by atoms with Gasteiger partial charge in [0.1, 0.15) is 5.75 Å². The Bertz CT molecular complexity index is 970. The van der Waals surface area contributed by atoms with E-state index >= 15 is 0 Å². The summed E-state index contributed by atoms with van der Waals surface area (Å²) in [5.74, 6) is 2.67. The second-order valence-electron chi connectivity index (χ2n) is 6.21. The minimum atomic E-state index is -0.110. The molecule has 0 aliphatic carbocycles.